The molecule has 2 N–H and O–H groups in total. The highest BCUT2D eigenvalue weighted by molar-refractivity contribution is 7.89. The second-order valence-corrected chi connectivity index (χ2v) is 10.0. The van der Waals surface area contributed by atoms with Crippen LogP contribution in [0.2, 0.25) is 0 Å². The normalized spacial score (nSPS) is 12.5. The summed E-state index contributed by atoms with van der Waals surface area (Å²) < 4.78 is 26.4. The Morgan fingerprint density at radius 2 is 1.77 bits per heavy atom. The molecule has 0 saturated heterocycles. The van der Waals surface area contributed by atoms with Gasteiger partial charge in [0.1, 0.15) is 0 Å². The molecule has 31 heavy (non-hydrogen) atoms. The van der Waals surface area contributed by atoms with Crippen molar-refractivity contribution < 1.29 is 18.0 Å². The lowest BCUT2D eigenvalue weighted by atomic mass is 10.1. The van der Waals surface area contributed by atoms with Gasteiger partial charge in [-0.25, -0.2) is 12.7 Å². The third kappa shape index (κ3) is 5.92. The van der Waals surface area contributed by atoms with Crippen molar-refractivity contribution in [3.05, 3.63) is 58.7 Å². The van der Waals surface area contributed by atoms with Crippen molar-refractivity contribution in [2.24, 2.45) is 5.92 Å². The van der Waals surface area contributed by atoms with E-state index in [2.05, 4.69) is 10.6 Å². The van der Waals surface area contributed by atoms with Crippen molar-refractivity contribution in [3.63, 3.8) is 0 Å². The molecule has 0 saturated carbocycles. The highest BCUT2D eigenvalue weighted by Gasteiger charge is 2.23. The molecule has 0 aliphatic rings. The summed E-state index contributed by atoms with van der Waals surface area (Å²) in [5, 5.41) is 5.70. The summed E-state index contributed by atoms with van der Waals surface area (Å²) in [4.78, 5) is 24.9. The molecule has 168 valence electrons. The second-order valence-electron chi connectivity index (χ2n) is 7.89. The SMILES string of the molecule is CCC(C)C(=O)Nc1cccc(CNC(=O)c2cc(C)c(C)c(S(=O)(=O)N(C)C)c2)c1. The van der Waals surface area contributed by atoms with Gasteiger partial charge in [0.25, 0.3) is 5.91 Å². The maximum absolute atomic E-state index is 12.7. The first-order valence-electron chi connectivity index (χ1n) is 10.2. The Morgan fingerprint density at radius 1 is 1.10 bits per heavy atom. The minimum absolute atomic E-state index is 0.0477. The third-order valence-corrected chi connectivity index (χ3v) is 7.29. The van der Waals surface area contributed by atoms with E-state index in [4.69, 9.17) is 0 Å². The Bertz CT molecular complexity index is 1080. The molecule has 2 aromatic rings. The minimum atomic E-state index is -3.67. The van der Waals surface area contributed by atoms with Gasteiger partial charge >= 0.3 is 0 Å². The summed E-state index contributed by atoms with van der Waals surface area (Å²) in [5.41, 5.74) is 3.12. The average Bonchev–Trinajstić information content (AvgIpc) is 2.73. The lowest BCUT2D eigenvalue weighted by molar-refractivity contribution is -0.119. The van der Waals surface area contributed by atoms with E-state index in [9.17, 15) is 18.0 Å². The van der Waals surface area contributed by atoms with Crippen LogP contribution in [0.5, 0.6) is 0 Å². The van der Waals surface area contributed by atoms with Gasteiger partial charge < -0.3 is 10.6 Å². The van der Waals surface area contributed by atoms with E-state index in [0.717, 1.165) is 21.9 Å². The van der Waals surface area contributed by atoms with Crippen LogP contribution >= 0.6 is 0 Å². The van der Waals surface area contributed by atoms with E-state index in [1.807, 2.05) is 32.0 Å². The Balaban J connectivity index is 2.18. The van der Waals surface area contributed by atoms with Gasteiger partial charge in [-0.1, -0.05) is 26.0 Å². The summed E-state index contributed by atoms with van der Waals surface area (Å²) in [5.74, 6) is -0.499. The standard InChI is InChI=1S/C23H31N3O4S/c1-7-15(2)22(27)25-20-10-8-9-18(12-20)14-24-23(28)19-11-16(3)17(4)21(13-19)31(29,30)26(5)6/h8-13,15H,7,14H2,1-6H3,(H,24,28)(H,25,27). The highest BCUT2D eigenvalue weighted by atomic mass is 32.2. The molecule has 0 spiro atoms. The fourth-order valence-corrected chi connectivity index (χ4v) is 4.13. The molecular formula is C23H31N3O4S. The summed E-state index contributed by atoms with van der Waals surface area (Å²) in [6.45, 7) is 7.58. The van der Waals surface area contributed by atoms with Crippen molar-refractivity contribution in [2.75, 3.05) is 19.4 Å². The summed E-state index contributed by atoms with van der Waals surface area (Å²) in [6, 6.07) is 10.4. The van der Waals surface area contributed by atoms with Crippen LogP contribution in [0.1, 0.15) is 47.3 Å². The lowest BCUT2D eigenvalue weighted by Gasteiger charge is -2.16. The van der Waals surface area contributed by atoms with Crippen LogP contribution in [-0.4, -0.2) is 38.6 Å². The fourth-order valence-electron chi connectivity index (χ4n) is 2.92. The van der Waals surface area contributed by atoms with E-state index < -0.39 is 10.0 Å². The van der Waals surface area contributed by atoms with Gasteiger partial charge in [-0.15, -0.1) is 0 Å². The Morgan fingerprint density at radius 3 is 2.39 bits per heavy atom. The van der Waals surface area contributed by atoms with Crippen LogP contribution in [0.25, 0.3) is 0 Å². The van der Waals surface area contributed by atoms with Crippen LogP contribution in [-0.2, 0) is 21.4 Å². The quantitative estimate of drug-likeness (QED) is 0.650. The number of nitrogens with one attached hydrogen (secondary N) is 2. The van der Waals surface area contributed by atoms with Gasteiger partial charge in [0.2, 0.25) is 15.9 Å². The van der Waals surface area contributed by atoms with Crippen molar-refractivity contribution in [3.8, 4) is 0 Å². The Kier molecular flexibility index (Phi) is 7.97. The highest BCUT2D eigenvalue weighted by Crippen LogP contribution is 2.23. The number of carbonyl (C=O) groups excluding carboxylic acids is 2. The van der Waals surface area contributed by atoms with Crippen molar-refractivity contribution in [1.82, 2.24) is 9.62 Å². The number of carbonyl (C=O) groups is 2. The van der Waals surface area contributed by atoms with Gasteiger partial charge in [-0.05, 0) is 61.2 Å². The molecule has 0 radical (unpaired) electrons. The predicted molar refractivity (Wildman–Crippen MR) is 122 cm³/mol. The minimum Gasteiger partial charge on any atom is -0.348 e. The number of sulfonamides is 1. The van der Waals surface area contributed by atoms with Crippen LogP contribution in [0.4, 0.5) is 5.69 Å². The molecule has 2 rings (SSSR count). The largest absolute Gasteiger partial charge is 0.348 e. The molecule has 2 amide bonds. The van der Waals surface area contributed by atoms with Gasteiger partial charge in [-0.3, -0.25) is 9.59 Å². The van der Waals surface area contributed by atoms with E-state index in [0.29, 0.717) is 11.3 Å². The summed E-state index contributed by atoms with van der Waals surface area (Å²) >= 11 is 0. The molecule has 0 bridgehead atoms. The van der Waals surface area contributed by atoms with Crippen LogP contribution < -0.4 is 10.6 Å². The van der Waals surface area contributed by atoms with Gasteiger partial charge in [0.05, 0.1) is 4.90 Å². The topological polar surface area (TPSA) is 95.6 Å². The molecule has 1 atom stereocenters. The molecule has 0 aliphatic carbocycles. The molecule has 8 heteroatoms. The molecule has 0 heterocycles. The van der Waals surface area contributed by atoms with E-state index in [-0.39, 0.29) is 34.7 Å². The zero-order valence-corrected chi connectivity index (χ0v) is 19.8. The molecular weight excluding hydrogens is 414 g/mol. The first-order chi connectivity index (χ1) is 14.5. The van der Waals surface area contributed by atoms with Gasteiger partial charge in [-0.2, -0.15) is 0 Å². The van der Waals surface area contributed by atoms with E-state index in [1.54, 1.807) is 26.0 Å². The lowest BCUT2D eigenvalue weighted by Crippen LogP contribution is -2.26. The number of hydrogen-bond acceptors (Lipinski definition) is 4. The molecule has 0 aromatic heterocycles. The fraction of sp³-hybridized carbons (Fsp3) is 0.391. The third-order valence-electron chi connectivity index (χ3n) is 5.35. The predicted octanol–water partition coefficient (Wildman–Crippen LogP) is 3.47. The maximum atomic E-state index is 12.7. The first-order valence-corrected chi connectivity index (χ1v) is 11.6. The smallest absolute Gasteiger partial charge is 0.251 e. The average molecular weight is 446 g/mol. The summed E-state index contributed by atoms with van der Waals surface area (Å²) in [6.07, 6.45) is 0.753. The van der Waals surface area contributed by atoms with Crippen LogP contribution in [0.15, 0.2) is 41.3 Å². The Labute approximate surface area is 184 Å². The Hall–Kier alpha value is -2.71. The van der Waals surface area contributed by atoms with E-state index >= 15 is 0 Å². The number of hydrogen-bond donors (Lipinski definition) is 2. The van der Waals surface area contributed by atoms with Crippen LogP contribution in [0, 0.1) is 19.8 Å². The van der Waals surface area contributed by atoms with Crippen molar-refractivity contribution in [1.29, 1.82) is 0 Å². The second kappa shape index (κ2) is 10.1. The number of amides is 2. The first kappa shape index (κ1) is 24.6. The zero-order valence-electron chi connectivity index (χ0n) is 18.9. The van der Waals surface area contributed by atoms with Crippen molar-refractivity contribution in [2.45, 2.75) is 45.6 Å². The van der Waals surface area contributed by atoms with E-state index in [1.165, 1.54) is 20.2 Å². The molecule has 1 unspecified atom stereocenters. The summed E-state index contributed by atoms with van der Waals surface area (Å²) in [7, 11) is -0.742. The monoisotopic (exact) mass is 445 g/mol. The van der Waals surface area contributed by atoms with Crippen molar-refractivity contribution >= 4 is 27.5 Å². The molecule has 0 aliphatic heterocycles. The number of rotatable bonds is 8. The molecule has 0 fully saturated rings. The maximum Gasteiger partial charge on any atom is 0.251 e. The number of aryl methyl sites for hydroxylation is 1. The van der Waals surface area contributed by atoms with Crippen LogP contribution in [0.3, 0.4) is 0 Å². The number of nitrogens with zero attached hydrogens (tertiary/aromatic N) is 1. The number of benzene rings is 2. The number of anilines is 1. The van der Waals surface area contributed by atoms with Gasteiger partial charge in [0, 0.05) is 37.8 Å². The molecule has 7 nitrogen and oxygen atoms in total. The van der Waals surface area contributed by atoms with Gasteiger partial charge in [0.15, 0.2) is 0 Å². The molecule has 2 aromatic carbocycles. The zero-order chi connectivity index (χ0) is 23.3.